The van der Waals surface area contributed by atoms with Crippen LogP contribution in [0.3, 0.4) is 0 Å². The van der Waals surface area contributed by atoms with Gasteiger partial charge in [0, 0.05) is 19.8 Å². The lowest BCUT2D eigenvalue weighted by atomic mass is 9.45. The standard InChI is InChI=1S/C41H62O6/c1-23(2)9-12-32-25(4)41(32)18-15-34-37-31(28-10-11-28)21-29-20-30(13-16-39(29,7)33(37)14-17-40(34,41)8)46-38-24(3)19-35(45-27(6)43)36(47-38)22-44-26(5)42/h21,23-25,30,32-38H,9-20,22H2,1-8H3/t24?,25-,30?,32?,33?,34?,35?,36?,37?,38+,39?,40?,41?/m1/s1. The summed E-state index contributed by atoms with van der Waals surface area (Å²) in [5, 5.41) is 0. The van der Waals surface area contributed by atoms with Gasteiger partial charge >= 0.3 is 11.9 Å². The molecule has 6 fully saturated rings. The molecular formula is C41H62O6. The highest BCUT2D eigenvalue weighted by molar-refractivity contribution is 5.66. The number of allylic oxidation sites excluding steroid dienone is 3. The Morgan fingerprint density at radius 2 is 1.74 bits per heavy atom. The van der Waals surface area contributed by atoms with Crippen LogP contribution in [0.4, 0.5) is 0 Å². The monoisotopic (exact) mass is 650 g/mol. The highest BCUT2D eigenvalue weighted by atomic mass is 16.7. The summed E-state index contributed by atoms with van der Waals surface area (Å²) < 4.78 is 24.1. The molecule has 13 atom stereocenters. The SMILES string of the molecule is CC(=O)OCC1O[C@H](OC2CCC3(C)C(=CC(=C4CC4)C4C3CCC3(C)C4CCC34C(CCC(C)C)[C@H]4C)C2)C(C)CC1OC(C)=O. The number of carbonyl (C=O) groups excluding carboxylic acids is 2. The van der Waals surface area contributed by atoms with Crippen LogP contribution in [0.1, 0.15) is 132 Å². The van der Waals surface area contributed by atoms with Gasteiger partial charge in [-0.25, -0.2) is 0 Å². The van der Waals surface area contributed by atoms with Gasteiger partial charge in [0.05, 0.1) is 6.10 Å². The van der Waals surface area contributed by atoms with E-state index in [9.17, 15) is 9.59 Å². The number of fused-ring (bicyclic) bond motifs is 6. The Balaban J connectivity index is 1.09. The fraction of sp³-hybridized carbons (Fsp3) is 0.854. The van der Waals surface area contributed by atoms with Crippen LogP contribution in [0.25, 0.3) is 0 Å². The zero-order chi connectivity index (χ0) is 33.5. The van der Waals surface area contributed by atoms with Crippen molar-refractivity contribution in [3.05, 3.63) is 22.8 Å². The maximum atomic E-state index is 11.8. The van der Waals surface area contributed by atoms with E-state index in [1.807, 2.05) is 0 Å². The Morgan fingerprint density at radius 1 is 1.00 bits per heavy atom. The molecule has 0 aromatic heterocycles. The molecule has 262 valence electrons. The van der Waals surface area contributed by atoms with Crippen LogP contribution in [0.15, 0.2) is 22.8 Å². The minimum atomic E-state index is -0.524. The van der Waals surface area contributed by atoms with Crippen molar-refractivity contribution in [2.75, 3.05) is 6.61 Å². The number of esters is 2. The van der Waals surface area contributed by atoms with Crippen molar-refractivity contribution >= 4 is 11.9 Å². The van der Waals surface area contributed by atoms with Crippen molar-refractivity contribution in [2.24, 2.45) is 57.7 Å². The zero-order valence-electron chi connectivity index (χ0n) is 30.6. The van der Waals surface area contributed by atoms with Gasteiger partial charge in [0.25, 0.3) is 0 Å². The van der Waals surface area contributed by atoms with E-state index < -0.39 is 18.5 Å². The first-order chi connectivity index (χ1) is 22.3. The van der Waals surface area contributed by atoms with Crippen molar-refractivity contribution in [1.82, 2.24) is 0 Å². The van der Waals surface area contributed by atoms with E-state index >= 15 is 0 Å². The first-order valence-electron chi connectivity index (χ1n) is 19.3. The average Bonchev–Trinajstić information content (AvgIpc) is 3.91. The Kier molecular flexibility index (Phi) is 8.84. The summed E-state index contributed by atoms with van der Waals surface area (Å²) >= 11 is 0. The third-order valence-corrected chi connectivity index (χ3v) is 15.1. The summed E-state index contributed by atoms with van der Waals surface area (Å²) in [6.45, 7) is 17.7. The lowest BCUT2D eigenvalue weighted by molar-refractivity contribution is -0.273. The molecule has 7 aliphatic rings. The average molecular weight is 651 g/mol. The number of hydrogen-bond donors (Lipinski definition) is 0. The van der Waals surface area contributed by atoms with E-state index in [0.29, 0.717) is 17.3 Å². The lowest BCUT2D eigenvalue weighted by Gasteiger charge is -2.59. The second-order valence-electron chi connectivity index (χ2n) is 18.0. The van der Waals surface area contributed by atoms with Gasteiger partial charge in [-0.1, -0.05) is 65.2 Å². The summed E-state index contributed by atoms with van der Waals surface area (Å²) in [5.41, 5.74) is 6.43. The highest BCUT2D eigenvalue weighted by Crippen LogP contribution is 2.82. The third kappa shape index (κ3) is 5.68. The number of carbonyl (C=O) groups is 2. The van der Waals surface area contributed by atoms with E-state index in [2.05, 4.69) is 47.6 Å². The quantitative estimate of drug-likeness (QED) is 0.244. The van der Waals surface area contributed by atoms with Crippen LogP contribution < -0.4 is 0 Å². The molecule has 6 aliphatic carbocycles. The van der Waals surface area contributed by atoms with Crippen LogP contribution in [-0.4, -0.2) is 43.1 Å². The second-order valence-corrected chi connectivity index (χ2v) is 18.0. The van der Waals surface area contributed by atoms with Gasteiger partial charge in [-0.3, -0.25) is 9.59 Å². The van der Waals surface area contributed by atoms with Gasteiger partial charge in [0.2, 0.25) is 0 Å². The van der Waals surface area contributed by atoms with Crippen LogP contribution >= 0.6 is 0 Å². The summed E-state index contributed by atoms with van der Waals surface area (Å²) in [6, 6.07) is 0. The molecule has 0 N–H and O–H groups in total. The fourth-order valence-electron chi connectivity index (χ4n) is 12.5. The Hall–Kier alpha value is -1.66. The molecule has 1 heterocycles. The van der Waals surface area contributed by atoms with Gasteiger partial charge in [0.15, 0.2) is 6.29 Å². The first-order valence-corrected chi connectivity index (χ1v) is 19.3. The van der Waals surface area contributed by atoms with E-state index in [1.54, 1.807) is 16.7 Å². The van der Waals surface area contributed by atoms with Crippen LogP contribution in [0.2, 0.25) is 0 Å². The molecule has 0 bridgehead atoms. The van der Waals surface area contributed by atoms with Crippen molar-refractivity contribution in [3.8, 4) is 0 Å². The van der Waals surface area contributed by atoms with Gasteiger partial charge in [0.1, 0.15) is 18.8 Å². The summed E-state index contributed by atoms with van der Waals surface area (Å²) in [7, 11) is 0. The number of rotatable bonds is 8. The van der Waals surface area contributed by atoms with Crippen LogP contribution in [0, 0.1) is 57.7 Å². The third-order valence-electron chi connectivity index (χ3n) is 15.1. The molecule has 0 aromatic rings. The number of ether oxygens (including phenoxy) is 4. The summed E-state index contributed by atoms with van der Waals surface area (Å²) in [5.74, 6) is 4.29. The van der Waals surface area contributed by atoms with Crippen LogP contribution in [-0.2, 0) is 28.5 Å². The molecule has 47 heavy (non-hydrogen) atoms. The molecule has 11 unspecified atom stereocenters. The van der Waals surface area contributed by atoms with Crippen molar-refractivity contribution < 1.29 is 28.5 Å². The molecule has 0 amide bonds. The highest BCUT2D eigenvalue weighted by Gasteiger charge is 2.75. The molecule has 0 radical (unpaired) electrons. The largest absolute Gasteiger partial charge is 0.463 e. The Bertz CT molecular complexity index is 1310. The predicted molar refractivity (Wildman–Crippen MR) is 182 cm³/mol. The summed E-state index contributed by atoms with van der Waals surface area (Å²) in [4.78, 5) is 23.4. The predicted octanol–water partition coefficient (Wildman–Crippen LogP) is 8.97. The maximum absolute atomic E-state index is 11.8. The van der Waals surface area contributed by atoms with Gasteiger partial charge < -0.3 is 18.9 Å². The minimum absolute atomic E-state index is 0.0619. The van der Waals surface area contributed by atoms with Crippen molar-refractivity contribution in [2.45, 2.75) is 157 Å². The fourth-order valence-corrected chi connectivity index (χ4v) is 12.5. The zero-order valence-corrected chi connectivity index (χ0v) is 30.6. The molecule has 6 heteroatoms. The second kappa shape index (κ2) is 12.3. The molecule has 5 saturated carbocycles. The molecule has 7 rings (SSSR count). The smallest absolute Gasteiger partial charge is 0.302 e. The normalized spacial score (nSPS) is 46.8. The van der Waals surface area contributed by atoms with Gasteiger partial charge in [-0.05, 0) is 128 Å². The molecule has 1 spiro atoms. The van der Waals surface area contributed by atoms with Crippen LogP contribution in [0.5, 0.6) is 0 Å². The lowest BCUT2D eigenvalue weighted by Crippen LogP contribution is -2.53. The van der Waals surface area contributed by atoms with E-state index in [-0.39, 0.29) is 36.0 Å². The molecular weight excluding hydrogens is 588 g/mol. The Morgan fingerprint density at radius 3 is 2.43 bits per heavy atom. The Labute approximate surface area is 284 Å². The van der Waals surface area contributed by atoms with Gasteiger partial charge in [-0.2, -0.15) is 0 Å². The van der Waals surface area contributed by atoms with E-state index in [1.165, 1.54) is 71.6 Å². The number of hydrogen-bond acceptors (Lipinski definition) is 6. The van der Waals surface area contributed by atoms with Gasteiger partial charge in [-0.15, -0.1) is 0 Å². The molecule has 0 aromatic carbocycles. The first kappa shape index (κ1) is 33.8. The molecule has 1 aliphatic heterocycles. The van der Waals surface area contributed by atoms with E-state index in [4.69, 9.17) is 18.9 Å². The minimum Gasteiger partial charge on any atom is -0.463 e. The van der Waals surface area contributed by atoms with Crippen molar-refractivity contribution in [1.29, 1.82) is 0 Å². The maximum Gasteiger partial charge on any atom is 0.302 e. The van der Waals surface area contributed by atoms with E-state index in [0.717, 1.165) is 48.3 Å². The summed E-state index contributed by atoms with van der Waals surface area (Å²) in [6.07, 6.45) is 16.3. The molecule has 1 saturated heterocycles. The van der Waals surface area contributed by atoms with Crippen molar-refractivity contribution in [3.63, 3.8) is 0 Å². The molecule has 6 nitrogen and oxygen atoms in total. The topological polar surface area (TPSA) is 71.1 Å².